The molecule has 5 heteroatoms. The molecule has 1 aromatic heterocycles. The highest BCUT2D eigenvalue weighted by atomic mass is 16.3. The molecular weight excluding hydrogens is 350 g/mol. The van der Waals surface area contributed by atoms with Crippen molar-refractivity contribution in [2.75, 3.05) is 13.1 Å². The number of amides is 1. The van der Waals surface area contributed by atoms with Crippen LogP contribution in [0.1, 0.15) is 33.2 Å². The standard InChI is InChI=1S/C23H25N3O2/c27-22(20-6-2-1-3-7-20)17-25-14-12-18-8-10-21(11-9-18)23(28)26-16-19-5-4-13-24-15-19/h1-11,13,15,22,25,27H,12,14,16-17H2,(H,26,28). The summed E-state index contributed by atoms with van der Waals surface area (Å²) < 4.78 is 0. The van der Waals surface area contributed by atoms with Crippen LogP contribution in [0.5, 0.6) is 0 Å². The Labute approximate surface area is 165 Å². The van der Waals surface area contributed by atoms with Crippen molar-refractivity contribution in [3.05, 3.63) is 101 Å². The highest BCUT2D eigenvalue weighted by molar-refractivity contribution is 5.94. The molecule has 1 unspecified atom stereocenters. The van der Waals surface area contributed by atoms with E-state index in [1.165, 1.54) is 0 Å². The molecular formula is C23H25N3O2. The average molecular weight is 375 g/mol. The number of rotatable bonds is 9. The van der Waals surface area contributed by atoms with E-state index in [1.54, 1.807) is 12.4 Å². The molecule has 2 aromatic carbocycles. The number of hydrogen-bond donors (Lipinski definition) is 3. The SMILES string of the molecule is O=C(NCc1cccnc1)c1ccc(CCNCC(O)c2ccccc2)cc1. The third-order valence-electron chi connectivity index (χ3n) is 4.50. The minimum absolute atomic E-state index is 0.0977. The first-order valence-corrected chi connectivity index (χ1v) is 9.42. The van der Waals surface area contributed by atoms with Gasteiger partial charge < -0.3 is 15.7 Å². The molecule has 3 rings (SSSR count). The first kappa shape index (κ1) is 19.7. The van der Waals surface area contributed by atoms with Crippen molar-refractivity contribution < 1.29 is 9.90 Å². The van der Waals surface area contributed by atoms with Crippen molar-refractivity contribution >= 4 is 5.91 Å². The summed E-state index contributed by atoms with van der Waals surface area (Å²) in [5.41, 5.74) is 3.67. The van der Waals surface area contributed by atoms with Crippen LogP contribution in [0.15, 0.2) is 79.1 Å². The van der Waals surface area contributed by atoms with E-state index in [2.05, 4.69) is 15.6 Å². The van der Waals surface area contributed by atoms with E-state index in [-0.39, 0.29) is 5.91 Å². The molecule has 0 aliphatic heterocycles. The smallest absolute Gasteiger partial charge is 0.251 e. The predicted octanol–water partition coefficient (Wildman–Crippen LogP) is 2.88. The Balaban J connectivity index is 1.39. The number of benzene rings is 2. The monoisotopic (exact) mass is 375 g/mol. The van der Waals surface area contributed by atoms with Gasteiger partial charge in [0.25, 0.3) is 5.91 Å². The summed E-state index contributed by atoms with van der Waals surface area (Å²) >= 11 is 0. The third kappa shape index (κ3) is 6.01. The summed E-state index contributed by atoms with van der Waals surface area (Å²) in [6.07, 6.45) is 3.78. The summed E-state index contributed by atoms with van der Waals surface area (Å²) in [6, 6.07) is 21.0. The van der Waals surface area contributed by atoms with Crippen LogP contribution in [0.2, 0.25) is 0 Å². The number of nitrogens with one attached hydrogen (secondary N) is 2. The fourth-order valence-corrected chi connectivity index (χ4v) is 2.87. The van der Waals surface area contributed by atoms with Crippen molar-refractivity contribution in [2.24, 2.45) is 0 Å². The molecule has 1 heterocycles. The first-order valence-electron chi connectivity index (χ1n) is 9.42. The Bertz CT molecular complexity index is 852. The number of nitrogens with zero attached hydrogens (tertiary/aromatic N) is 1. The van der Waals surface area contributed by atoms with Gasteiger partial charge in [-0.1, -0.05) is 48.5 Å². The number of carbonyl (C=O) groups is 1. The molecule has 0 spiro atoms. The van der Waals surface area contributed by atoms with Crippen LogP contribution in [0.25, 0.3) is 0 Å². The maximum atomic E-state index is 12.2. The van der Waals surface area contributed by atoms with Crippen molar-refractivity contribution in [2.45, 2.75) is 19.1 Å². The Kier molecular flexibility index (Phi) is 7.29. The van der Waals surface area contributed by atoms with Crippen LogP contribution in [0, 0.1) is 0 Å². The van der Waals surface area contributed by atoms with Gasteiger partial charge in [-0.3, -0.25) is 9.78 Å². The van der Waals surface area contributed by atoms with E-state index in [0.717, 1.165) is 29.7 Å². The number of carbonyl (C=O) groups excluding carboxylic acids is 1. The van der Waals surface area contributed by atoms with Crippen LogP contribution in [0.3, 0.4) is 0 Å². The number of aliphatic hydroxyl groups is 1. The summed E-state index contributed by atoms with van der Waals surface area (Å²) in [6.45, 7) is 1.73. The average Bonchev–Trinajstić information content (AvgIpc) is 2.76. The summed E-state index contributed by atoms with van der Waals surface area (Å²) in [5, 5.41) is 16.3. The largest absolute Gasteiger partial charge is 0.387 e. The Morgan fingerprint density at radius 3 is 2.46 bits per heavy atom. The molecule has 0 radical (unpaired) electrons. The molecule has 0 saturated heterocycles. The zero-order valence-corrected chi connectivity index (χ0v) is 15.7. The lowest BCUT2D eigenvalue weighted by Crippen LogP contribution is -2.24. The lowest BCUT2D eigenvalue weighted by atomic mass is 10.1. The molecule has 0 aliphatic rings. The second kappa shape index (κ2) is 10.3. The fraction of sp³-hybridized carbons (Fsp3) is 0.217. The predicted molar refractivity (Wildman–Crippen MR) is 110 cm³/mol. The molecule has 5 nitrogen and oxygen atoms in total. The molecule has 3 N–H and O–H groups in total. The maximum absolute atomic E-state index is 12.2. The summed E-state index contributed by atoms with van der Waals surface area (Å²) in [7, 11) is 0. The molecule has 0 fully saturated rings. The van der Waals surface area contributed by atoms with E-state index < -0.39 is 6.10 Å². The van der Waals surface area contributed by atoms with Crippen molar-refractivity contribution in [1.82, 2.24) is 15.6 Å². The van der Waals surface area contributed by atoms with Gasteiger partial charge in [-0.25, -0.2) is 0 Å². The third-order valence-corrected chi connectivity index (χ3v) is 4.50. The normalized spacial score (nSPS) is 11.8. The van der Waals surface area contributed by atoms with E-state index in [4.69, 9.17) is 0 Å². The van der Waals surface area contributed by atoms with Gasteiger partial charge in [0.05, 0.1) is 6.10 Å². The zero-order chi connectivity index (χ0) is 19.6. The lowest BCUT2D eigenvalue weighted by molar-refractivity contribution is 0.0951. The molecule has 0 bridgehead atoms. The maximum Gasteiger partial charge on any atom is 0.251 e. The number of aliphatic hydroxyl groups excluding tert-OH is 1. The van der Waals surface area contributed by atoms with Gasteiger partial charge in [-0.2, -0.15) is 0 Å². The second-order valence-corrected chi connectivity index (χ2v) is 6.62. The summed E-state index contributed by atoms with van der Waals surface area (Å²) in [4.78, 5) is 16.3. The molecule has 0 saturated carbocycles. The number of pyridine rings is 1. The highest BCUT2D eigenvalue weighted by Gasteiger charge is 2.07. The van der Waals surface area contributed by atoms with Gasteiger partial charge in [0, 0.05) is 31.0 Å². The Morgan fingerprint density at radius 1 is 0.964 bits per heavy atom. The van der Waals surface area contributed by atoms with Gasteiger partial charge >= 0.3 is 0 Å². The molecule has 3 aromatic rings. The Hall–Kier alpha value is -3.02. The van der Waals surface area contributed by atoms with E-state index >= 15 is 0 Å². The van der Waals surface area contributed by atoms with Gasteiger partial charge in [0.2, 0.25) is 0 Å². The quantitative estimate of drug-likeness (QED) is 0.503. The molecule has 144 valence electrons. The minimum Gasteiger partial charge on any atom is -0.387 e. The highest BCUT2D eigenvalue weighted by Crippen LogP contribution is 2.10. The molecule has 1 atom stereocenters. The lowest BCUT2D eigenvalue weighted by Gasteiger charge is -2.12. The van der Waals surface area contributed by atoms with Gasteiger partial charge in [0.15, 0.2) is 0 Å². The van der Waals surface area contributed by atoms with Gasteiger partial charge in [-0.15, -0.1) is 0 Å². The van der Waals surface area contributed by atoms with Crippen molar-refractivity contribution in [3.8, 4) is 0 Å². The number of hydrogen-bond acceptors (Lipinski definition) is 4. The Morgan fingerprint density at radius 2 is 1.75 bits per heavy atom. The van der Waals surface area contributed by atoms with E-state index in [0.29, 0.717) is 18.7 Å². The van der Waals surface area contributed by atoms with E-state index in [9.17, 15) is 9.90 Å². The van der Waals surface area contributed by atoms with E-state index in [1.807, 2.05) is 66.7 Å². The minimum atomic E-state index is -0.507. The fourth-order valence-electron chi connectivity index (χ4n) is 2.87. The summed E-state index contributed by atoms with van der Waals surface area (Å²) in [5.74, 6) is -0.0977. The zero-order valence-electron chi connectivity index (χ0n) is 15.7. The molecule has 1 amide bonds. The van der Waals surface area contributed by atoms with Crippen LogP contribution >= 0.6 is 0 Å². The first-order chi connectivity index (χ1) is 13.7. The van der Waals surface area contributed by atoms with Crippen molar-refractivity contribution in [3.63, 3.8) is 0 Å². The van der Waals surface area contributed by atoms with Crippen LogP contribution in [-0.4, -0.2) is 29.1 Å². The number of aromatic nitrogens is 1. The topological polar surface area (TPSA) is 74.2 Å². The van der Waals surface area contributed by atoms with Crippen molar-refractivity contribution in [1.29, 1.82) is 0 Å². The van der Waals surface area contributed by atoms with Crippen LogP contribution in [0.4, 0.5) is 0 Å². The molecule has 0 aliphatic carbocycles. The van der Waals surface area contributed by atoms with Crippen LogP contribution in [-0.2, 0) is 13.0 Å². The van der Waals surface area contributed by atoms with Gasteiger partial charge in [-0.05, 0) is 47.9 Å². The second-order valence-electron chi connectivity index (χ2n) is 6.62. The van der Waals surface area contributed by atoms with Crippen LogP contribution < -0.4 is 10.6 Å². The molecule has 28 heavy (non-hydrogen) atoms. The van der Waals surface area contributed by atoms with Gasteiger partial charge in [0.1, 0.15) is 0 Å².